The number of nitrogens with one attached hydrogen (secondary N) is 11. The van der Waals surface area contributed by atoms with Crippen molar-refractivity contribution in [2.75, 3.05) is 39.3 Å². The van der Waals surface area contributed by atoms with E-state index in [1.165, 1.54) is 13.8 Å². The molecule has 0 aromatic heterocycles. The van der Waals surface area contributed by atoms with Crippen molar-refractivity contribution in [1.82, 2.24) is 58.5 Å². The molecule has 0 bridgehead atoms. The number of aliphatic hydroxyl groups is 3. The van der Waals surface area contributed by atoms with Crippen LogP contribution in [0.25, 0.3) is 0 Å². The molecule has 0 unspecified atom stereocenters. The average molecular weight is 1190 g/mol. The summed E-state index contributed by atoms with van der Waals surface area (Å²) in [7, 11) is 0. The van der Waals surface area contributed by atoms with Gasteiger partial charge >= 0.3 is 0 Å². The molecule has 1 aliphatic rings. The van der Waals surface area contributed by atoms with Crippen LogP contribution in [0.3, 0.4) is 0 Å². The van der Waals surface area contributed by atoms with E-state index < -0.39 is 164 Å². The molecule has 0 spiro atoms. The molecule has 1 fully saturated rings. The molecule has 1 saturated heterocycles. The molecule has 1 heterocycles. The van der Waals surface area contributed by atoms with Crippen LogP contribution in [0.4, 0.5) is 0 Å². The van der Waals surface area contributed by atoms with Gasteiger partial charge in [-0.2, -0.15) is 0 Å². The number of hydrogen-bond acceptors (Lipinski definition) is 18. The van der Waals surface area contributed by atoms with E-state index in [0.29, 0.717) is 12.0 Å². The molecule has 1 aromatic rings. The normalized spacial score (nSPS) is 22.6. The number of carbonyl (C=O) groups is 11. The van der Waals surface area contributed by atoms with Crippen LogP contribution in [0.5, 0.6) is 0 Å². The van der Waals surface area contributed by atoms with E-state index in [1.807, 2.05) is 0 Å². The van der Waals surface area contributed by atoms with Gasteiger partial charge in [0, 0.05) is 26.0 Å². The quantitative estimate of drug-likeness (QED) is 0.0333. The first-order valence-electron chi connectivity index (χ1n) is 29.1. The molecule has 0 saturated carbocycles. The third-order valence-corrected chi connectivity index (χ3v) is 13.7. The topological polar surface area (TPSA) is 485 Å². The summed E-state index contributed by atoms with van der Waals surface area (Å²) in [4.78, 5) is 153. The lowest BCUT2D eigenvalue weighted by molar-refractivity contribution is -0.137. The second kappa shape index (κ2) is 39.6. The van der Waals surface area contributed by atoms with Gasteiger partial charge in [0.05, 0.1) is 12.2 Å². The van der Waals surface area contributed by atoms with Crippen molar-refractivity contribution in [1.29, 1.82) is 0 Å². The highest BCUT2D eigenvalue weighted by atomic mass is 16.3. The van der Waals surface area contributed by atoms with Crippen molar-refractivity contribution < 1.29 is 68.1 Å². The first kappa shape index (κ1) is 73.2. The van der Waals surface area contributed by atoms with Crippen molar-refractivity contribution in [3.05, 3.63) is 35.9 Å². The highest BCUT2D eigenvalue weighted by Crippen LogP contribution is 2.12. The Bertz CT molecular complexity index is 2280. The smallest absolute Gasteiger partial charge is 0.245 e. The van der Waals surface area contributed by atoms with E-state index in [0.717, 1.165) is 25.7 Å². The molecule has 1 aromatic carbocycles. The fourth-order valence-corrected chi connectivity index (χ4v) is 8.99. The Labute approximate surface area is 491 Å². The molecule has 2 rings (SSSR count). The fourth-order valence-electron chi connectivity index (χ4n) is 8.99. The maximum atomic E-state index is 14.5. The lowest BCUT2D eigenvalue weighted by atomic mass is 10.00. The highest BCUT2D eigenvalue weighted by Gasteiger charge is 2.37. The van der Waals surface area contributed by atoms with Crippen LogP contribution in [0.1, 0.15) is 124 Å². The minimum Gasteiger partial charge on any atom is -0.396 e. The van der Waals surface area contributed by atoms with Crippen LogP contribution in [-0.4, -0.2) is 192 Å². The molecule has 1 aliphatic heterocycles. The molecule has 0 aliphatic carbocycles. The molecule has 29 heteroatoms. The third kappa shape index (κ3) is 26.4. The summed E-state index contributed by atoms with van der Waals surface area (Å²) in [5, 5.41) is 59.5. The summed E-state index contributed by atoms with van der Waals surface area (Å²) in [6.45, 7) is 6.27. The Morgan fingerprint density at radius 3 is 1.63 bits per heavy atom. The monoisotopic (exact) mass is 1190 g/mol. The van der Waals surface area contributed by atoms with Gasteiger partial charge in [0.15, 0.2) is 0 Å². The highest BCUT2D eigenvalue weighted by molar-refractivity contribution is 5.99. The molecular formula is C55H95N15O14. The molecule has 474 valence electrons. The van der Waals surface area contributed by atoms with Crippen LogP contribution >= 0.6 is 0 Å². The number of benzene rings is 1. The van der Waals surface area contributed by atoms with E-state index in [2.05, 4.69) is 65.4 Å². The Balaban J connectivity index is 2.68. The number of unbranched alkanes of at least 4 members (excludes halogenated alkanes) is 4. The summed E-state index contributed by atoms with van der Waals surface area (Å²) in [6.07, 6.45) is -0.360. The van der Waals surface area contributed by atoms with E-state index >= 15 is 0 Å². The van der Waals surface area contributed by atoms with Crippen LogP contribution in [-0.2, 0) is 59.2 Å². The predicted octanol–water partition coefficient (Wildman–Crippen LogP) is -5.46. The number of nitrogens with two attached hydrogens (primary N) is 4. The summed E-state index contributed by atoms with van der Waals surface area (Å²) >= 11 is 0. The van der Waals surface area contributed by atoms with Gasteiger partial charge < -0.3 is 96.7 Å². The van der Waals surface area contributed by atoms with Gasteiger partial charge in [-0.25, -0.2) is 0 Å². The first-order valence-corrected chi connectivity index (χ1v) is 29.1. The maximum Gasteiger partial charge on any atom is 0.245 e. The van der Waals surface area contributed by atoms with E-state index in [-0.39, 0.29) is 77.0 Å². The SMILES string of the molecule is CCCCCCCC(=O)N[C@@H](CCN)C(=O)N[C@H](C(=O)N[C@@H](CCN)C(=O)N[C@H]1CCNC(=O)[C@H]([C@@H](C)O)NC(=O)[C@H](CCN)NC(=O)[C@H](CCN)NC(=O)[C@H](CC(C)C)NC(=O)[C@@H](Cc2ccccc2)NC(=O)[C@H](CCO)NC1=O)[C@@H](C)O. The minimum absolute atomic E-state index is 0.0213. The Hall–Kier alpha value is -6.89. The largest absolute Gasteiger partial charge is 0.396 e. The zero-order chi connectivity index (χ0) is 62.9. The minimum atomic E-state index is -1.71. The average Bonchev–Trinajstić information content (AvgIpc) is 3.44. The van der Waals surface area contributed by atoms with Crippen LogP contribution in [0, 0.1) is 5.92 Å². The van der Waals surface area contributed by atoms with Crippen molar-refractivity contribution >= 4 is 65.0 Å². The zero-order valence-electron chi connectivity index (χ0n) is 49.2. The summed E-state index contributed by atoms with van der Waals surface area (Å²) in [6, 6.07) is -6.61. The number of aliphatic hydroxyl groups excluding tert-OH is 3. The summed E-state index contributed by atoms with van der Waals surface area (Å²) in [5.74, 6) is -10.2. The van der Waals surface area contributed by atoms with Gasteiger partial charge in [-0.3, -0.25) is 52.7 Å². The van der Waals surface area contributed by atoms with Gasteiger partial charge in [-0.05, 0) is 103 Å². The second-order valence-corrected chi connectivity index (χ2v) is 21.4. The second-order valence-electron chi connectivity index (χ2n) is 21.4. The van der Waals surface area contributed by atoms with E-state index in [1.54, 1.807) is 44.2 Å². The molecular weight excluding hydrogens is 1090 g/mol. The predicted molar refractivity (Wildman–Crippen MR) is 310 cm³/mol. The number of amides is 11. The molecule has 12 atom stereocenters. The van der Waals surface area contributed by atoms with Crippen molar-refractivity contribution in [3.63, 3.8) is 0 Å². The van der Waals surface area contributed by atoms with Gasteiger partial charge in [0.2, 0.25) is 65.0 Å². The molecule has 0 radical (unpaired) electrons. The molecule has 29 nitrogen and oxygen atoms in total. The molecule has 22 N–H and O–H groups in total. The van der Waals surface area contributed by atoms with Crippen LogP contribution in [0.15, 0.2) is 30.3 Å². The Morgan fingerprint density at radius 2 is 1.10 bits per heavy atom. The first-order chi connectivity index (χ1) is 39.9. The van der Waals surface area contributed by atoms with E-state index in [9.17, 15) is 68.1 Å². The van der Waals surface area contributed by atoms with Crippen molar-refractivity contribution in [2.45, 2.75) is 197 Å². The number of carbonyl (C=O) groups excluding carboxylic acids is 11. The lowest BCUT2D eigenvalue weighted by Gasteiger charge is -2.29. The Kier molecular flexibility index (Phi) is 34.5. The zero-order valence-corrected chi connectivity index (χ0v) is 49.2. The fraction of sp³-hybridized carbons (Fsp3) is 0.691. The molecule has 11 amide bonds. The summed E-state index contributed by atoms with van der Waals surface area (Å²) < 4.78 is 0. The third-order valence-electron chi connectivity index (χ3n) is 13.7. The number of rotatable bonds is 29. The van der Waals surface area contributed by atoms with Crippen LogP contribution in [0.2, 0.25) is 0 Å². The van der Waals surface area contributed by atoms with Gasteiger partial charge in [-0.15, -0.1) is 0 Å². The van der Waals surface area contributed by atoms with Gasteiger partial charge in [-0.1, -0.05) is 76.8 Å². The number of hydrogen-bond donors (Lipinski definition) is 18. The van der Waals surface area contributed by atoms with Crippen LogP contribution < -0.4 is 81.4 Å². The van der Waals surface area contributed by atoms with E-state index in [4.69, 9.17) is 22.9 Å². The maximum absolute atomic E-state index is 14.5. The van der Waals surface area contributed by atoms with Crippen molar-refractivity contribution in [2.24, 2.45) is 28.9 Å². The van der Waals surface area contributed by atoms with Gasteiger partial charge in [0.1, 0.15) is 60.4 Å². The lowest BCUT2D eigenvalue weighted by Crippen LogP contribution is -2.62. The van der Waals surface area contributed by atoms with Crippen molar-refractivity contribution in [3.8, 4) is 0 Å². The van der Waals surface area contributed by atoms with Gasteiger partial charge in [0.25, 0.3) is 0 Å². The summed E-state index contributed by atoms with van der Waals surface area (Å²) in [5.41, 5.74) is 23.9. The Morgan fingerprint density at radius 1 is 0.583 bits per heavy atom. The molecule has 84 heavy (non-hydrogen) atoms. The standard InChI is InChI=1S/C55H95N15O14/c1-6-7-8-9-13-16-43(74)61-35(17-23-56)50(79)70-45(33(5)73)55(84)66-37(19-25-58)47(76)64-39-21-27-60-54(83)44(32(4)72)69-51(80)38(20-26-59)62-46(75)36(18-24-57)63-52(81)41(29-31(2)3)67-53(82)42(30-34-14-11-10-12-15-34)68-49(78)40(22-28-71)65-48(39)77/h10-12,14-15,31-33,35-42,44-45,71-73H,6-9,13,16-30,56-59H2,1-5H3,(H,60,83)(H,61,74)(H,62,75)(H,63,81)(H,64,76)(H,65,77)(H,66,84)(H,67,82)(H,68,78)(H,69,80)(H,70,79)/t32-,33-,35+,36+,37+,38+,39+,40+,41+,42-,44+,45+/m1/s1.